The molecule has 0 aliphatic rings. The second kappa shape index (κ2) is 6.57. The van der Waals surface area contributed by atoms with Gasteiger partial charge in [-0.05, 0) is 30.5 Å². The van der Waals surface area contributed by atoms with Crippen LogP contribution in [0, 0.1) is 5.92 Å². The SMILES string of the molecule is CC(C)CCNC(=O)C=Cc1c(Cl)nc2ccccn12. The molecule has 2 rings (SSSR count). The van der Waals surface area contributed by atoms with Gasteiger partial charge < -0.3 is 5.32 Å². The van der Waals surface area contributed by atoms with Gasteiger partial charge in [0.05, 0.1) is 5.69 Å². The van der Waals surface area contributed by atoms with Crippen LogP contribution >= 0.6 is 11.6 Å². The van der Waals surface area contributed by atoms with Gasteiger partial charge in [-0.25, -0.2) is 4.98 Å². The number of hydrogen-bond donors (Lipinski definition) is 1. The van der Waals surface area contributed by atoms with Crippen molar-refractivity contribution in [3.8, 4) is 0 Å². The van der Waals surface area contributed by atoms with Gasteiger partial charge in [-0.2, -0.15) is 0 Å². The predicted molar refractivity (Wildman–Crippen MR) is 81.7 cm³/mol. The maximum absolute atomic E-state index is 11.7. The molecule has 2 aromatic heterocycles. The normalized spacial score (nSPS) is 11.6. The number of aromatic nitrogens is 2. The molecule has 0 aliphatic heterocycles. The minimum Gasteiger partial charge on any atom is -0.353 e. The average Bonchev–Trinajstić information content (AvgIpc) is 2.71. The van der Waals surface area contributed by atoms with Gasteiger partial charge in [-0.3, -0.25) is 9.20 Å². The van der Waals surface area contributed by atoms with Crippen molar-refractivity contribution in [2.24, 2.45) is 5.92 Å². The quantitative estimate of drug-likeness (QED) is 0.860. The molecule has 1 amide bonds. The van der Waals surface area contributed by atoms with E-state index in [4.69, 9.17) is 11.6 Å². The Morgan fingerprint density at radius 3 is 3.05 bits per heavy atom. The lowest BCUT2D eigenvalue weighted by Gasteiger charge is -2.04. The van der Waals surface area contributed by atoms with Crippen LogP contribution in [0.3, 0.4) is 0 Å². The number of amides is 1. The van der Waals surface area contributed by atoms with E-state index in [1.165, 1.54) is 6.08 Å². The summed E-state index contributed by atoms with van der Waals surface area (Å²) in [5.74, 6) is 0.458. The zero-order valence-corrected chi connectivity index (χ0v) is 12.4. The third-order valence-electron chi connectivity index (χ3n) is 2.94. The Morgan fingerprint density at radius 2 is 2.30 bits per heavy atom. The molecule has 0 fully saturated rings. The van der Waals surface area contributed by atoms with Gasteiger partial charge in [0.15, 0.2) is 5.15 Å². The number of carbonyl (C=O) groups is 1. The van der Waals surface area contributed by atoms with Crippen LogP contribution in [0.5, 0.6) is 0 Å². The van der Waals surface area contributed by atoms with Gasteiger partial charge >= 0.3 is 0 Å². The second-order valence-corrected chi connectivity index (χ2v) is 5.38. The Bertz CT molecular complexity index is 631. The first-order chi connectivity index (χ1) is 9.58. The number of nitrogens with one attached hydrogen (secondary N) is 1. The van der Waals surface area contributed by atoms with Gasteiger partial charge in [0.25, 0.3) is 0 Å². The molecule has 4 nitrogen and oxygen atoms in total. The summed E-state index contributed by atoms with van der Waals surface area (Å²) in [6.45, 7) is 4.93. The van der Waals surface area contributed by atoms with E-state index in [0.717, 1.165) is 12.1 Å². The summed E-state index contributed by atoms with van der Waals surface area (Å²) in [6.07, 6.45) is 6.01. The zero-order valence-electron chi connectivity index (χ0n) is 11.6. The van der Waals surface area contributed by atoms with Crippen molar-refractivity contribution in [1.29, 1.82) is 0 Å². The number of pyridine rings is 1. The van der Waals surface area contributed by atoms with E-state index in [1.54, 1.807) is 6.08 Å². The number of hydrogen-bond acceptors (Lipinski definition) is 2. The van der Waals surface area contributed by atoms with E-state index >= 15 is 0 Å². The highest BCUT2D eigenvalue weighted by Gasteiger charge is 2.07. The first-order valence-electron chi connectivity index (χ1n) is 6.66. The smallest absolute Gasteiger partial charge is 0.244 e. The summed E-state index contributed by atoms with van der Waals surface area (Å²) in [4.78, 5) is 15.9. The topological polar surface area (TPSA) is 46.4 Å². The maximum Gasteiger partial charge on any atom is 0.244 e. The summed E-state index contributed by atoms with van der Waals surface area (Å²) in [7, 11) is 0. The maximum atomic E-state index is 11.7. The molecule has 0 saturated carbocycles. The lowest BCUT2D eigenvalue weighted by atomic mass is 10.1. The first-order valence-corrected chi connectivity index (χ1v) is 7.04. The van der Waals surface area contributed by atoms with Gasteiger partial charge in [-0.15, -0.1) is 0 Å². The molecule has 0 aliphatic carbocycles. The van der Waals surface area contributed by atoms with Crippen LogP contribution in [0.25, 0.3) is 11.7 Å². The fraction of sp³-hybridized carbons (Fsp3) is 0.333. The molecule has 0 unspecified atom stereocenters. The molecule has 106 valence electrons. The Kier molecular flexibility index (Phi) is 4.79. The van der Waals surface area contributed by atoms with E-state index in [-0.39, 0.29) is 5.91 Å². The van der Waals surface area contributed by atoms with E-state index in [2.05, 4.69) is 24.1 Å². The van der Waals surface area contributed by atoms with E-state index in [9.17, 15) is 4.79 Å². The molecule has 5 heteroatoms. The van der Waals surface area contributed by atoms with Crippen LogP contribution in [0.2, 0.25) is 5.15 Å². The molecule has 0 spiro atoms. The van der Waals surface area contributed by atoms with Crippen LogP contribution in [-0.4, -0.2) is 21.8 Å². The van der Waals surface area contributed by atoms with Gasteiger partial charge in [0.1, 0.15) is 5.65 Å². The van der Waals surface area contributed by atoms with Crippen LogP contribution in [0.4, 0.5) is 0 Å². The lowest BCUT2D eigenvalue weighted by Crippen LogP contribution is -2.23. The standard InChI is InChI=1S/C15H18ClN3O/c1-11(2)8-9-17-14(20)7-6-12-15(16)18-13-5-3-4-10-19(12)13/h3-7,10-11H,8-9H2,1-2H3,(H,17,20). The van der Waals surface area contributed by atoms with Crippen LogP contribution < -0.4 is 5.32 Å². The number of imidazole rings is 1. The molecule has 1 N–H and O–H groups in total. The Labute approximate surface area is 123 Å². The van der Waals surface area contributed by atoms with E-state index in [1.807, 2.05) is 28.8 Å². The van der Waals surface area contributed by atoms with Crippen molar-refractivity contribution >= 4 is 29.2 Å². The largest absolute Gasteiger partial charge is 0.353 e. The van der Waals surface area contributed by atoms with Crippen molar-refractivity contribution in [1.82, 2.24) is 14.7 Å². The highest BCUT2D eigenvalue weighted by molar-refractivity contribution is 6.31. The highest BCUT2D eigenvalue weighted by Crippen LogP contribution is 2.18. The monoisotopic (exact) mass is 291 g/mol. The van der Waals surface area contributed by atoms with Gasteiger partial charge in [0.2, 0.25) is 5.91 Å². The fourth-order valence-corrected chi connectivity index (χ4v) is 2.07. The first kappa shape index (κ1) is 14.6. The second-order valence-electron chi connectivity index (χ2n) is 5.02. The van der Waals surface area contributed by atoms with E-state index in [0.29, 0.717) is 23.3 Å². The summed E-state index contributed by atoms with van der Waals surface area (Å²) in [5.41, 5.74) is 1.47. The molecule has 0 aromatic carbocycles. The fourth-order valence-electron chi connectivity index (χ4n) is 1.83. The summed E-state index contributed by atoms with van der Waals surface area (Å²) in [5, 5.41) is 3.24. The average molecular weight is 292 g/mol. The number of carbonyl (C=O) groups excluding carboxylic acids is 1. The molecular formula is C15H18ClN3O. The third kappa shape index (κ3) is 3.61. The van der Waals surface area contributed by atoms with Gasteiger partial charge in [0, 0.05) is 18.8 Å². The van der Waals surface area contributed by atoms with Crippen LogP contribution in [0.15, 0.2) is 30.5 Å². The van der Waals surface area contributed by atoms with Crippen molar-refractivity contribution in [3.05, 3.63) is 41.3 Å². The number of nitrogens with zero attached hydrogens (tertiary/aromatic N) is 2. The minimum absolute atomic E-state index is 0.118. The van der Waals surface area contributed by atoms with Crippen molar-refractivity contribution in [2.45, 2.75) is 20.3 Å². The summed E-state index contributed by atoms with van der Waals surface area (Å²) < 4.78 is 1.85. The molecule has 2 aromatic rings. The number of halogens is 1. The molecule has 0 atom stereocenters. The molecule has 2 heterocycles. The molecule has 0 bridgehead atoms. The molecule has 0 radical (unpaired) electrons. The van der Waals surface area contributed by atoms with Crippen LogP contribution in [-0.2, 0) is 4.79 Å². The summed E-state index contributed by atoms with van der Waals surface area (Å²) in [6, 6.07) is 5.65. The van der Waals surface area contributed by atoms with Crippen molar-refractivity contribution < 1.29 is 4.79 Å². The van der Waals surface area contributed by atoms with Crippen molar-refractivity contribution in [2.75, 3.05) is 6.54 Å². The van der Waals surface area contributed by atoms with E-state index < -0.39 is 0 Å². The molecule has 20 heavy (non-hydrogen) atoms. The zero-order chi connectivity index (χ0) is 14.5. The number of fused-ring (bicyclic) bond motifs is 1. The predicted octanol–water partition coefficient (Wildman–Crippen LogP) is 3.16. The third-order valence-corrected chi connectivity index (χ3v) is 3.21. The Hall–Kier alpha value is -1.81. The number of rotatable bonds is 5. The molecular weight excluding hydrogens is 274 g/mol. The van der Waals surface area contributed by atoms with Crippen LogP contribution in [0.1, 0.15) is 26.0 Å². The highest BCUT2D eigenvalue weighted by atomic mass is 35.5. The van der Waals surface area contributed by atoms with Gasteiger partial charge in [-0.1, -0.05) is 31.5 Å². The summed E-state index contributed by atoms with van der Waals surface area (Å²) >= 11 is 6.08. The van der Waals surface area contributed by atoms with Crippen molar-refractivity contribution in [3.63, 3.8) is 0 Å². The molecule has 0 saturated heterocycles. The Morgan fingerprint density at radius 1 is 1.50 bits per heavy atom. The Balaban J connectivity index is 2.06. The minimum atomic E-state index is -0.118. The lowest BCUT2D eigenvalue weighted by molar-refractivity contribution is -0.116.